The molecule has 2 aromatic carbocycles. The number of nitrogens with zero attached hydrogens (tertiary/aromatic N) is 1. The highest BCUT2D eigenvalue weighted by Crippen LogP contribution is 2.31. The van der Waals surface area contributed by atoms with Crippen molar-refractivity contribution in [3.05, 3.63) is 53.8 Å². The summed E-state index contributed by atoms with van der Waals surface area (Å²) in [6.45, 7) is 1.60. The predicted molar refractivity (Wildman–Crippen MR) is 71.1 cm³/mol. The van der Waals surface area contributed by atoms with Gasteiger partial charge in [-0.1, -0.05) is 47.6 Å². The van der Waals surface area contributed by atoms with Crippen molar-refractivity contribution >= 4 is 16.7 Å². The maximum atomic E-state index is 11.3. The van der Waals surface area contributed by atoms with Crippen molar-refractivity contribution in [1.29, 1.82) is 0 Å². The first kappa shape index (κ1) is 11.5. The Balaban J connectivity index is 2.34. The molecule has 0 saturated heterocycles. The molecule has 0 bridgehead atoms. The molecular weight excluding hydrogens is 242 g/mol. The highest BCUT2D eigenvalue weighted by Gasteiger charge is 2.21. The first-order chi connectivity index (χ1) is 9.18. The van der Waals surface area contributed by atoms with E-state index in [1.807, 2.05) is 42.5 Å². The molecule has 0 radical (unpaired) electrons. The summed E-state index contributed by atoms with van der Waals surface area (Å²) >= 11 is 0. The Labute approximate surface area is 109 Å². The van der Waals surface area contributed by atoms with Crippen LogP contribution in [0, 0.1) is 6.92 Å². The number of carboxylic acid groups (broad SMARTS) is 1. The number of aryl methyl sites for hydroxylation is 1. The molecule has 0 amide bonds. The second kappa shape index (κ2) is 4.24. The van der Waals surface area contributed by atoms with Crippen molar-refractivity contribution in [2.45, 2.75) is 6.92 Å². The van der Waals surface area contributed by atoms with Crippen LogP contribution in [0.2, 0.25) is 0 Å². The Bertz CT molecular complexity index is 769. The van der Waals surface area contributed by atoms with Crippen molar-refractivity contribution in [2.75, 3.05) is 0 Å². The van der Waals surface area contributed by atoms with E-state index in [0.29, 0.717) is 11.5 Å². The van der Waals surface area contributed by atoms with Crippen molar-refractivity contribution in [3.63, 3.8) is 0 Å². The SMILES string of the molecule is Cc1onc(-c2cccc3ccccc23)c1C(=O)O. The van der Waals surface area contributed by atoms with Crippen LogP contribution >= 0.6 is 0 Å². The number of rotatable bonds is 2. The van der Waals surface area contributed by atoms with Gasteiger partial charge in [0.25, 0.3) is 0 Å². The largest absolute Gasteiger partial charge is 0.477 e. The van der Waals surface area contributed by atoms with Crippen LogP contribution in [0.4, 0.5) is 0 Å². The molecule has 0 spiro atoms. The smallest absolute Gasteiger partial charge is 0.341 e. The monoisotopic (exact) mass is 253 g/mol. The van der Waals surface area contributed by atoms with Crippen molar-refractivity contribution in [2.24, 2.45) is 0 Å². The molecule has 0 unspecified atom stereocenters. The molecule has 1 heterocycles. The standard InChI is InChI=1S/C15H11NO3/c1-9-13(15(17)18)14(16-19-9)12-8-4-6-10-5-2-3-7-11(10)12/h2-8H,1H3,(H,17,18). The molecule has 4 nitrogen and oxygen atoms in total. The van der Waals surface area contributed by atoms with Crippen molar-refractivity contribution in [3.8, 4) is 11.3 Å². The molecule has 0 aliphatic heterocycles. The molecule has 0 aliphatic rings. The van der Waals surface area contributed by atoms with Crippen molar-refractivity contribution in [1.82, 2.24) is 5.16 Å². The normalized spacial score (nSPS) is 10.8. The summed E-state index contributed by atoms with van der Waals surface area (Å²) in [6, 6.07) is 13.5. The Kier molecular flexibility index (Phi) is 2.56. The quantitative estimate of drug-likeness (QED) is 0.759. The Morgan fingerprint density at radius 2 is 1.89 bits per heavy atom. The third kappa shape index (κ3) is 1.78. The van der Waals surface area contributed by atoms with E-state index in [2.05, 4.69) is 5.16 Å². The number of benzene rings is 2. The number of fused-ring (bicyclic) bond motifs is 1. The molecule has 0 aliphatic carbocycles. The van der Waals surface area contributed by atoms with Gasteiger partial charge >= 0.3 is 5.97 Å². The first-order valence-corrected chi connectivity index (χ1v) is 5.86. The molecule has 1 aromatic heterocycles. The Morgan fingerprint density at radius 1 is 1.16 bits per heavy atom. The molecule has 3 aromatic rings. The lowest BCUT2D eigenvalue weighted by Crippen LogP contribution is -1.99. The second-order valence-electron chi connectivity index (χ2n) is 4.29. The summed E-state index contributed by atoms with van der Waals surface area (Å²) < 4.78 is 5.03. The molecule has 0 atom stereocenters. The van der Waals surface area contributed by atoms with Crippen LogP contribution in [0.5, 0.6) is 0 Å². The van der Waals surface area contributed by atoms with Gasteiger partial charge in [-0.25, -0.2) is 4.79 Å². The van der Waals surface area contributed by atoms with Crippen LogP contribution in [0.3, 0.4) is 0 Å². The maximum absolute atomic E-state index is 11.3. The van der Waals surface area contributed by atoms with E-state index in [9.17, 15) is 9.90 Å². The zero-order valence-electron chi connectivity index (χ0n) is 10.3. The first-order valence-electron chi connectivity index (χ1n) is 5.86. The summed E-state index contributed by atoms with van der Waals surface area (Å²) in [6.07, 6.45) is 0. The highest BCUT2D eigenvalue weighted by atomic mass is 16.5. The van der Waals surface area contributed by atoms with E-state index in [-0.39, 0.29) is 5.56 Å². The molecule has 19 heavy (non-hydrogen) atoms. The van der Waals surface area contributed by atoms with Crippen LogP contribution in [0.1, 0.15) is 16.1 Å². The Morgan fingerprint density at radius 3 is 2.68 bits per heavy atom. The van der Waals surface area contributed by atoms with Crippen LogP contribution < -0.4 is 0 Å². The fraction of sp³-hybridized carbons (Fsp3) is 0.0667. The Hall–Kier alpha value is -2.62. The summed E-state index contributed by atoms with van der Waals surface area (Å²) in [7, 11) is 0. The molecule has 1 N–H and O–H groups in total. The number of carbonyl (C=O) groups is 1. The lowest BCUT2D eigenvalue weighted by molar-refractivity contribution is 0.0696. The van der Waals surface area contributed by atoms with Crippen LogP contribution in [0.15, 0.2) is 47.0 Å². The predicted octanol–water partition coefficient (Wildman–Crippen LogP) is 3.50. The zero-order valence-corrected chi connectivity index (χ0v) is 10.3. The number of aromatic carboxylic acids is 1. The van der Waals surface area contributed by atoms with E-state index in [4.69, 9.17) is 4.52 Å². The van der Waals surface area contributed by atoms with Gasteiger partial charge in [-0.15, -0.1) is 0 Å². The zero-order chi connectivity index (χ0) is 13.4. The fourth-order valence-electron chi connectivity index (χ4n) is 2.24. The van der Waals surface area contributed by atoms with Crippen LogP contribution in [0.25, 0.3) is 22.0 Å². The van der Waals surface area contributed by atoms with Gasteiger partial charge in [-0.2, -0.15) is 0 Å². The molecule has 94 valence electrons. The minimum Gasteiger partial charge on any atom is -0.477 e. The van der Waals surface area contributed by atoms with E-state index in [1.54, 1.807) is 6.92 Å². The highest BCUT2D eigenvalue weighted by molar-refractivity contribution is 6.02. The van der Waals surface area contributed by atoms with Gasteiger partial charge < -0.3 is 9.63 Å². The number of hydrogen-bond acceptors (Lipinski definition) is 3. The lowest BCUT2D eigenvalue weighted by atomic mass is 9.99. The summed E-state index contributed by atoms with van der Waals surface area (Å²) in [4.78, 5) is 11.3. The summed E-state index contributed by atoms with van der Waals surface area (Å²) in [5.41, 5.74) is 1.27. The average Bonchev–Trinajstić information content (AvgIpc) is 2.80. The van der Waals surface area contributed by atoms with Gasteiger partial charge in [-0.3, -0.25) is 0 Å². The number of carboxylic acids is 1. The maximum Gasteiger partial charge on any atom is 0.341 e. The second-order valence-corrected chi connectivity index (χ2v) is 4.29. The molecule has 3 rings (SSSR count). The van der Waals surface area contributed by atoms with Gasteiger partial charge in [0.2, 0.25) is 0 Å². The minimum atomic E-state index is -1.03. The van der Waals surface area contributed by atoms with E-state index in [0.717, 1.165) is 16.3 Å². The van der Waals surface area contributed by atoms with Crippen molar-refractivity contribution < 1.29 is 14.4 Å². The van der Waals surface area contributed by atoms with E-state index < -0.39 is 5.97 Å². The summed E-state index contributed by atoms with van der Waals surface area (Å²) in [5, 5.41) is 15.2. The van der Waals surface area contributed by atoms with Crippen LogP contribution in [-0.4, -0.2) is 16.2 Å². The van der Waals surface area contributed by atoms with Gasteiger partial charge in [0, 0.05) is 5.56 Å². The molecule has 0 fully saturated rings. The van der Waals surface area contributed by atoms with Gasteiger partial charge in [0.1, 0.15) is 17.0 Å². The minimum absolute atomic E-state index is 0.122. The third-order valence-electron chi connectivity index (χ3n) is 3.12. The van der Waals surface area contributed by atoms with Gasteiger partial charge in [0.05, 0.1) is 0 Å². The van der Waals surface area contributed by atoms with E-state index in [1.165, 1.54) is 0 Å². The van der Waals surface area contributed by atoms with Gasteiger partial charge in [-0.05, 0) is 17.7 Å². The average molecular weight is 253 g/mol. The topological polar surface area (TPSA) is 63.3 Å². The van der Waals surface area contributed by atoms with Crippen LogP contribution in [-0.2, 0) is 0 Å². The molecule has 4 heteroatoms. The number of hydrogen-bond donors (Lipinski definition) is 1. The van der Waals surface area contributed by atoms with E-state index >= 15 is 0 Å². The molecular formula is C15H11NO3. The molecule has 0 saturated carbocycles. The third-order valence-corrected chi connectivity index (χ3v) is 3.12. The van der Waals surface area contributed by atoms with Gasteiger partial charge in [0.15, 0.2) is 0 Å². The summed E-state index contributed by atoms with van der Waals surface area (Å²) in [5.74, 6) is -0.711. The lowest BCUT2D eigenvalue weighted by Gasteiger charge is -2.04. The number of aromatic nitrogens is 1. The fourth-order valence-corrected chi connectivity index (χ4v) is 2.24.